The van der Waals surface area contributed by atoms with Crippen LogP contribution in [-0.4, -0.2) is 16.5 Å². The highest BCUT2D eigenvalue weighted by Crippen LogP contribution is 2.33. The Morgan fingerprint density at radius 3 is 2.71 bits per heavy atom. The highest BCUT2D eigenvalue weighted by atomic mass is 19.2. The number of nitrogens with zero attached hydrogens (tertiary/aromatic N) is 3. The number of hydrogen-bond acceptors (Lipinski definition) is 4. The molecule has 1 aliphatic rings. The zero-order valence-corrected chi connectivity index (χ0v) is 12.7. The lowest BCUT2D eigenvalue weighted by Crippen LogP contribution is -2.15. The molecule has 0 amide bonds. The van der Waals surface area contributed by atoms with Crippen molar-refractivity contribution in [3.63, 3.8) is 0 Å². The Labute approximate surface area is 137 Å². The molecule has 120 valence electrons. The van der Waals surface area contributed by atoms with E-state index in [1.165, 1.54) is 18.0 Å². The van der Waals surface area contributed by atoms with Crippen LogP contribution in [0.4, 0.5) is 31.8 Å². The molecule has 4 nitrogen and oxygen atoms in total. The Kier molecular flexibility index (Phi) is 3.57. The molecule has 3 aromatic rings. The molecule has 0 atom stereocenters. The molecule has 0 saturated heterocycles. The number of anilines is 4. The maximum atomic E-state index is 13.3. The maximum Gasteiger partial charge on any atom is 0.160 e. The maximum absolute atomic E-state index is 13.3. The van der Waals surface area contributed by atoms with Gasteiger partial charge in [0.1, 0.15) is 18.0 Å². The second-order valence-corrected chi connectivity index (χ2v) is 5.55. The second-order valence-electron chi connectivity index (χ2n) is 5.55. The van der Waals surface area contributed by atoms with Gasteiger partial charge < -0.3 is 10.2 Å². The summed E-state index contributed by atoms with van der Waals surface area (Å²) in [6, 6.07) is 13.6. The van der Waals surface area contributed by atoms with Gasteiger partial charge in [0, 0.05) is 30.1 Å². The quantitative estimate of drug-likeness (QED) is 0.784. The third kappa shape index (κ3) is 2.67. The number of aromatic nitrogens is 2. The fourth-order valence-corrected chi connectivity index (χ4v) is 2.86. The van der Waals surface area contributed by atoms with Crippen molar-refractivity contribution in [2.75, 3.05) is 16.8 Å². The SMILES string of the molecule is Fc1ccc(Nc2cc(N3CCc4ccccc43)ncn2)cc1F. The van der Waals surface area contributed by atoms with Gasteiger partial charge in [0.05, 0.1) is 0 Å². The normalized spacial score (nSPS) is 13.0. The van der Waals surface area contributed by atoms with Crippen LogP contribution < -0.4 is 10.2 Å². The summed E-state index contributed by atoms with van der Waals surface area (Å²) in [6.07, 6.45) is 2.42. The second kappa shape index (κ2) is 5.88. The number of para-hydroxylation sites is 1. The molecule has 1 N–H and O–H groups in total. The van der Waals surface area contributed by atoms with Crippen LogP contribution in [0.2, 0.25) is 0 Å². The van der Waals surface area contributed by atoms with Crippen molar-refractivity contribution >= 4 is 23.0 Å². The number of rotatable bonds is 3. The number of halogens is 2. The van der Waals surface area contributed by atoms with Gasteiger partial charge >= 0.3 is 0 Å². The summed E-state index contributed by atoms with van der Waals surface area (Å²) < 4.78 is 26.3. The van der Waals surface area contributed by atoms with Crippen LogP contribution in [0.25, 0.3) is 0 Å². The van der Waals surface area contributed by atoms with Crippen LogP contribution in [0.1, 0.15) is 5.56 Å². The van der Waals surface area contributed by atoms with Gasteiger partial charge in [-0.15, -0.1) is 0 Å². The van der Waals surface area contributed by atoms with Crippen LogP contribution in [0.15, 0.2) is 54.9 Å². The summed E-state index contributed by atoms with van der Waals surface area (Å²) >= 11 is 0. The predicted molar refractivity (Wildman–Crippen MR) is 88.8 cm³/mol. The Bertz CT molecular complexity index is 898. The third-order valence-electron chi connectivity index (χ3n) is 4.01. The lowest BCUT2D eigenvalue weighted by Gasteiger charge is -2.18. The minimum Gasteiger partial charge on any atom is -0.340 e. The van der Waals surface area contributed by atoms with E-state index in [2.05, 4.69) is 32.3 Å². The van der Waals surface area contributed by atoms with E-state index < -0.39 is 11.6 Å². The first-order valence-corrected chi connectivity index (χ1v) is 7.60. The molecule has 0 saturated carbocycles. The standard InChI is InChI=1S/C18H14F2N4/c19-14-6-5-13(9-15(14)20)23-17-10-18(22-11-21-17)24-8-7-12-3-1-2-4-16(12)24/h1-6,9-11H,7-8H2,(H,21,22,23). The summed E-state index contributed by atoms with van der Waals surface area (Å²) in [4.78, 5) is 10.6. The van der Waals surface area contributed by atoms with Gasteiger partial charge in [-0.1, -0.05) is 18.2 Å². The molecule has 0 bridgehead atoms. The summed E-state index contributed by atoms with van der Waals surface area (Å²) in [5.41, 5.74) is 2.85. The van der Waals surface area contributed by atoms with Gasteiger partial charge in [-0.3, -0.25) is 0 Å². The minimum absolute atomic E-state index is 0.431. The molecule has 0 radical (unpaired) electrons. The molecule has 0 aliphatic carbocycles. The highest BCUT2D eigenvalue weighted by Gasteiger charge is 2.21. The Hall–Kier alpha value is -3.02. The van der Waals surface area contributed by atoms with Gasteiger partial charge in [0.2, 0.25) is 0 Å². The fourth-order valence-electron chi connectivity index (χ4n) is 2.86. The molecule has 2 aromatic carbocycles. The monoisotopic (exact) mass is 324 g/mol. The van der Waals surface area contributed by atoms with Gasteiger partial charge in [-0.05, 0) is 30.2 Å². The first-order valence-electron chi connectivity index (χ1n) is 7.60. The van der Waals surface area contributed by atoms with E-state index in [9.17, 15) is 8.78 Å². The fraction of sp³-hybridized carbons (Fsp3) is 0.111. The van der Waals surface area contributed by atoms with Gasteiger partial charge in [0.15, 0.2) is 11.6 Å². The average Bonchev–Trinajstić information content (AvgIpc) is 3.03. The summed E-state index contributed by atoms with van der Waals surface area (Å²) in [6.45, 7) is 0.848. The largest absolute Gasteiger partial charge is 0.340 e. The van der Waals surface area contributed by atoms with E-state index in [0.29, 0.717) is 11.5 Å². The van der Waals surface area contributed by atoms with E-state index in [4.69, 9.17) is 0 Å². The molecule has 2 heterocycles. The Morgan fingerprint density at radius 1 is 0.958 bits per heavy atom. The Balaban J connectivity index is 1.61. The zero-order chi connectivity index (χ0) is 16.5. The van der Waals surface area contributed by atoms with Crippen molar-refractivity contribution in [3.8, 4) is 0 Å². The van der Waals surface area contributed by atoms with Crippen molar-refractivity contribution in [2.45, 2.75) is 6.42 Å². The molecule has 6 heteroatoms. The highest BCUT2D eigenvalue weighted by molar-refractivity contribution is 5.69. The van der Waals surface area contributed by atoms with Crippen molar-refractivity contribution in [1.82, 2.24) is 9.97 Å². The van der Waals surface area contributed by atoms with Crippen molar-refractivity contribution < 1.29 is 8.78 Å². The number of nitrogens with one attached hydrogen (secondary N) is 1. The third-order valence-corrected chi connectivity index (χ3v) is 4.01. The van der Waals surface area contributed by atoms with E-state index in [1.807, 2.05) is 12.1 Å². The number of fused-ring (bicyclic) bond motifs is 1. The van der Waals surface area contributed by atoms with Crippen molar-refractivity contribution in [3.05, 3.63) is 72.1 Å². The van der Waals surface area contributed by atoms with Crippen LogP contribution in [0.3, 0.4) is 0 Å². The van der Waals surface area contributed by atoms with Crippen LogP contribution in [0, 0.1) is 11.6 Å². The van der Waals surface area contributed by atoms with Crippen molar-refractivity contribution in [1.29, 1.82) is 0 Å². The van der Waals surface area contributed by atoms with E-state index in [1.54, 1.807) is 6.07 Å². The molecular formula is C18H14F2N4. The van der Waals surface area contributed by atoms with Gasteiger partial charge in [0.25, 0.3) is 0 Å². The molecule has 1 aromatic heterocycles. The number of benzene rings is 2. The molecule has 24 heavy (non-hydrogen) atoms. The topological polar surface area (TPSA) is 41.0 Å². The lowest BCUT2D eigenvalue weighted by molar-refractivity contribution is 0.509. The van der Waals surface area contributed by atoms with Crippen LogP contribution in [-0.2, 0) is 6.42 Å². The molecule has 0 spiro atoms. The van der Waals surface area contributed by atoms with Crippen molar-refractivity contribution in [2.24, 2.45) is 0 Å². The first-order chi connectivity index (χ1) is 11.7. The van der Waals surface area contributed by atoms with Gasteiger partial charge in [-0.25, -0.2) is 18.7 Å². The number of hydrogen-bond donors (Lipinski definition) is 1. The smallest absolute Gasteiger partial charge is 0.160 e. The van der Waals surface area contributed by atoms with E-state index in [-0.39, 0.29) is 0 Å². The first kappa shape index (κ1) is 14.6. The predicted octanol–water partition coefficient (Wildman–Crippen LogP) is 4.19. The average molecular weight is 324 g/mol. The molecule has 0 fully saturated rings. The van der Waals surface area contributed by atoms with E-state index >= 15 is 0 Å². The van der Waals surface area contributed by atoms with Crippen LogP contribution >= 0.6 is 0 Å². The Morgan fingerprint density at radius 2 is 1.83 bits per heavy atom. The van der Waals surface area contributed by atoms with Crippen LogP contribution in [0.5, 0.6) is 0 Å². The summed E-state index contributed by atoms with van der Waals surface area (Å²) in [5, 5.41) is 2.98. The zero-order valence-electron chi connectivity index (χ0n) is 12.7. The molecule has 0 unspecified atom stereocenters. The molecule has 1 aliphatic heterocycles. The molecular weight excluding hydrogens is 310 g/mol. The lowest BCUT2D eigenvalue weighted by atomic mass is 10.2. The van der Waals surface area contributed by atoms with Gasteiger partial charge in [-0.2, -0.15) is 0 Å². The summed E-state index contributed by atoms with van der Waals surface area (Å²) in [5.74, 6) is -0.490. The van der Waals surface area contributed by atoms with E-state index in [0.717, 1.165) is 36.6 Å². The molecule has 4 rings (SSSR count). The minimum atomic E-state index is -0.900. The summed E-state index contributed by atoms with van der Waals surface area (Å²) in [7, 11) is 0.